The number of hydrogen-bond acceptors (Lipinski definition) is 5. The number of amides is 2. The van der Waals surface area contributed by atoms with E-state index in [0.717, 1.165) is 38.5 Å². The maximum absolute atomic E-state index is 12.8. The maximum atomic E-state index is 12.8. The molecule has 0 aromatic heterocycles. The average Bonchev–Trinajstić information content (AvgIpc) is 2.89. The van der Waals surface area contributed by atoms with Crippen LogP contribution in [0.5, 0.6) is 11.5 Å². The van der Waals surface area contributed by atoms with Gasteiger partial charge in [0.15, 0.2) is 0 Å². The normalized spacial score (nSPS) is 16.3. The Labute approximate surface area is 173 Å². The van der Waals surface area contributed by atoms with Crippen molar-refractivity contribution in [1.82, 2.24) is 10.6 Å². The Morgan fingerprint density at radius 3 is 2.24 bits per heavy atom. The van der Waals surface area contributed by atoms with Crippen LogP contribution in [0.4, 0.5) is 4.79 Å². The van der Waals surface area contributed by atoms with Gasteiger partial charge in [-0.15, -0.1) is 0 Å². The van der Waals surface area contributed by atoms with Gasteiger partial charge in [-0.25, -0.2) is 4.79 Å². The highest BCUT2D eigenvalue weighted by Crippen LogP contribution is 2.28. The third kappa shape index (κ3) is 6.84. The molecule has 1 aliphatic rings. The molecule has 2 amide bonds. The Morgan fingerprint density at radius 2 is 1.69 bits per heavy atom. The molecular formula is C22H34N2O5. The van der Waals surface area contributed by atoms with Gasteiger partial charge in [0.05, 0.1) is 25.3 Å². The molecule has 0 atom stereocenters. The average molecular weight is 407 g/mol. The van der Waals surface area contributed by atoms with Crippen molar-refractivity contribution in [1.29, 1.82) is 0 Å². The summed E-state index contributed by atoms with van der Waals surface area (Å²) in [7, 11) is 3.08. The second kappa shape index (κ2) is 9.85. The van der Waals surface area contributed by atoms with E-state index in [1.54, 1.807) is 25.3 Å². The third-order valence-corrected chi connectivity index (χ3v) is 5.07. The van der Waals surface area contributed by atoms with Crippen LogP contribution in [-0.2, 0) is 4.74 Å². The Kier molecular flexibility index (Phi) is 7.76. The van der Waals surface area contributed by atoms with Gasteiger partial charge >= 0.3 is 6.09 Å². The second-order valence-electron chi connectivity index (χ2n) is 8.57. The van der Waals surface area contributed by atoms with Crippen molar-refractivity contribution in [2.75, 3.05) is 20.8 Å². The fourth-order valence-corrected chi connectivity index (χ4v) is 3.60. The lowest BCUT2D eigenvalue weighted by molar-refractivity contribution is 0.0437. The largest absolute Gasteiger partial charge is 0.497 e. The van der Waals surface area contributed by atoms with Gasteiger partial charge in [0.25, 0.3) is 5.91 Å². The Balaban J connectivity index is 2.13. The predicted molar refractivity (Wildman–Crippen MR) is 112 cm³/mol. The van der Waals surface area contributed by atoms with Gasteiger partial charge in [-0.05, 0) is 45.7 Å². The number of benzene rings is 1. The van der Waals surface area contributed by atoms with Crippen LogP contribution in [-0.4, -0.2) is 43.9 Å². The summed E-state index contributed by atoms with van der Waals surface area (Å²) in [5.74, 6) is 0.807. The molecule has 1 aliphatic carbocycles. The zero-order valence-electron chi connectivity index (χ0n) is 18.2. The van der Waals surface area contributed by atoms with Gasteiger partial charge in [0.1, 0.15) is 17.1 Å². The lowest BCUT2D eigenvalue weighted by atomic mass is 9.90. The number of rotatable bonds is 6. The predicted octanol–water partition coefficient (Wildman–Crippen LogP) is 4.05. The SMILES string of the molecule is COc1ccc(C(=O)NCC2(NC(=O)OC(C)(C)C)CCCCCC2)c(OC)c1. The molecule has 0 heterocycles. The zero-order chi connectivity index (χ0) is 21.5. The minimum atomic E-state index is -0.574. The zero-order valence-corrected chi connectivity index (χ0v) is 18.2. The van der Waals surface area contributed by atoms with Crippen LogP contribution < -0.4 is 20.1 Å². The minimum Gasteiger partial charge on any atom is -0.497 e. The molecule has 0 unspecified atom stereocenters. The molecule has 29 heavy (non-hydrogen) atoms. The number of hydrogen-bond donors (Lipinski definition) is 2. The quantitative estimate of drug-likeness (QED) is 0.696. The summed E-state index contributed by atoms with van der Waals surface area (Å²) in [6.45, 7) is 5.85. The summed E-state index contributed by atoms with van der Waals surface area (Å²) in [6.07, 6.45) is 5.39. The molecule has 1 saturated carbocycles. The van der Waals surface area contributed by atoms with Crippen molar-refractivity contribution in [3.63, 3.8) is 0 Å². The topological polar surface area (TPSA) is 85.9 Å². The number of methoxy groups -OCH3 is 2. The molecule has 1 aromatic carbocycles. The van der Waals surface area contributed by atoms with Crippen molar-refractivity contribution in [2.45, 2.75) is 70.4 Å². The number of carbonyl (C=O) groups excluding carboxylic acids is 2. The van der Waals surface area contributed by atoms with Crippen LogP contribution in [0, 0.1) is 0 Å². The molecule has 162 valence electrons. The van der Waals surface area contributed by atoms with Crippen LogP contribution in [0.25, 0.3) is 0 Å². The minimum absolute atomic E-state index is 0.251. The Morgan fingerprint density at radius 1 is 1.03 bits per heavy atom. The fraction of sp³-hybridized carbons (Fsp3) is 0.636. The molecule has 2 N–H and O–H groups in total. The molecule has 0 saturated heterocycles. The van der Waals surface area contributed by atoms with Crippen molar-refractivity contribution < 1.29 is 23.8 Å². The van der Waals surface area contributed by atoms with Crippen LogP contribution in [0.1, 0.15) is 69.7 Å². The maximum Gasteiger partial charge on any atom is 0.408 e. The first-order valence-corrected chi connectivity index (χ1v) is 10.2. The third-order valence-electron chi connectivity index (χ3n) is 5.07. The highest BCUT2D eigenvalue weighted by atomic mass is 16.6. The first-order chi connectivity index (χ1) is 13.7. The van der Waals surface area contributed by atoms with E-state index in [1.807, 2.05) is 20.8 Å². The van der Waals surface area contributed by atoms with Gasteiger partial charge in [0, 0.05) is 12.6 Å². The van der Waals surface area contributed by atoms with E-state index in [0.29, 0.717) is 23.6 Å². The van der Waals surface area contributed by atoms with Gasteiger partial charge in [-0.3, -0.25) is 4.79 Å². The van der Waals surface area contributed by atoms with Gasteiger partial charge in [0.2, 0.25) is 0 Å². The molecule has 1 aromatic rings. The van der Waals surface area contributed by atoms with Crippen LogP contribution in [0.15, 0.2) is 18.2 Å². The molecule has 7 nitrogen and oxygen atoms in total. The first kappa shape index (κ1) is 22.8. The molecule has 0 bridgehead atoms. The number of carbonyl (C=O) groups is 2. The Hall–Kier alpha value is -2.44. The number of ether oxygens (including phenoxy) is 3. The summed E-state index contributed by atoms with van der Waals surface area (Å²) in [4.78, 5) is 25.3. The lowest BCUT2D eigenvalue weighted by Crippen LogP contribution is -2.56. The highest BCUT2D eigenvalue weighted by Gasteiger charge is 2.35. The molecule has 2 rings (SSSR count). The highest BCUT2D eigenvalue weighted by molar-refractivity contribution is 5.97. The standard InChI is InChI=1S/C22H34N2O5/c1-21(2,3)29-20(26)24-22(12-8-6-7-9-13-22)15-23-19(25)17-11-10-16(27-4)14-18(17)28-5/h10-11,14H,6-9,12-13,15H2,1-5H3,(H,23,25)(H,24,26). The van der Waals surface area contributed by atoms with E-state index < -0.39 is 17.2 Å². The summed E-state index contributed by atoms with van der Waals surface area (Å²) >= 11 is 0. The summed E-state index contributed by atoms with van der Waals surface area (Å²) in [5.41, 5.74) is -0.668. The smallest absolute Gasteiger partial charge is 0.408 e. The van der Waals surface area contributed by atoms with Gasteiger partial charge in [-0.1, -0.05) is 25.7 Å². The molecular weight excluding hydrogens is 372 g/mol. The van der Waals surface area contributed by atoms with Crippen molar-refractivity contribution in [2.24, 2.45) is 0 Å². The monoisotopic (exact) mass is 406 g/mol. The van der Waals surface area contributed by atoms with Gasteiger partial charge in [-0.2, -0.15) is 0 Å². The van der Waals surface area contributed by atoms with Crippen LogP contribution >= 0.6 is 0 Å². The number of alkyl carbamates (subject to hydrolysis) is 1. The van der Waals surface area contributed by atoms with E-state index in [-0.39, 0.29) is 5.91 Å². The lowest BCUT2D eigenvalue weighted by Gasteiger charge is -2.35. The summed E-state index contributed by atoms with van der Waals surface area (Å²) in [6, 6.07) is 5.07. The van der Waals surface area contributed by atoms with Crippen molar-refractivity contribution >= 4 is 12.0 Å². The first-order valence-electron chi connectivity index (χ1n) is 10.2. The van der Waals surface area contributed by atoms with Crippen molar-refractivity contribution in [3.05, 3.63) is 23.8 Å². The molecule has 0 spiro atoms. The van der Waals surface area contributed by atoms with Crippen LogP contribution in [0.2, 0.25) is 0 Å². The summed E-state index contributed by atoms with van der Waals surface area (Å²) < 4.78 is 16.0. The second-order valence-corrected chi connectivity index (χ2v) is 8.57. The number of nitrogens with one attached hydrogen (secondary N) is 2. The molecule has 0 radical (unpaired) electrons. The Bertz CT molecular complexity index is 704. The van der Waals surface area contributed by atoms with Gasteiger partial charge < -0.3 is 24.8 Å². The van der Waals surface area contributed by atoms with Crippen LogP contribution in [0.3, 0.4) is 0 Å². The fourth-order valence-electron chi connectivity index (χ4n) is 3.60. The molecule has 7 heteroatoms. The van der Waals surface area contributed by atoms with E-state index >= 15 is 0 Å². The van der Waals surface area contributed by atoms with E-state index in [4.69, 9.17) is 14.2 Å². The summed E-state index contributed by atoms with van der Waals surface area (Å²) in [5, 5.41) is 6.04. The molecule has 0 aliphatic heterocycles. The van der Waals surface area contributed by atoms with Crippen molar-refractivity contribution in [3.8, 4) is 11.5 Å². The molecule has 1 fully saturated rings. The van der Waals surface area contributed by atoms with E-state index in [2.05, 4.69) is 10.6 Å². The van der Waals surface area contributed by atoms with E-state index in [1.165, 1.54) is 7.11 Å². The van der Waals surface area contributed by atoms with E-state index in [9.17, 15) is 9.59 Å².